The van der Waals surface area contributed by atoms with E-state index in [1.807, 2.05) is 30.3 Å². The maximum Gasteiger partial charge on any atom is 0.139 e. The lowest BCUT2D eigenvalue weighted by atomic mass is 10.2. The summed E-state index contributed by atoms with van der Waals surface area (Å²) in [6.07, 6.45) is 0. The lowest BCUT2D eigenvalue weighted by Crippen LogP contribution is -1.99. The van der Waals surface area contributed by atoms with Crippen molar-refractivity contribution < 1.29 is 4.74 Å². The lowest BCUT2D eigenvalue weighted by Gasteiger charge is -2.08. The molecule has 3 nitrogen and oxygen atoms in total. The Kier molecular flexibility index (Phi) is 3.27. The first-order valence-corrected chi connectivity index (χ1v) is 5.26. The predicted molar refractivity (Wildman–Crippen MR) is 66.3 cm³/mol. The smallest absolute Gasteiger partial charge is 0.139 e. The molecule has 0 aromatic heterocycles. The third-order valence-electron chi connectivity index (χ3n) is 2.41. The normalized spacial score (nSPS) is 9.59. The highest BCUT2D eigenvalue weighted by atomic mass is 16.5. The zero-order valence-corrected chi connectivity index (χ0v) is 9.26. The molecule has 0 heterocycles. The summed E-state index contributed by atoms with van der Waals surface area (Å²) in [6, 6.07) is 17.0. The fraction of sp³-hybridized carbons (Fsp3) is 0.0714. The topological polar surface area (TPSA) is 59.0 Å². The van der Waals surface area contributed by atoms with Crippen LogP contribution in [0.3, 0.4) is 0 Å². The van der Waals surface area contributed by atoms with Crippen molar-refractivity contribution in [1.82, 2.24) is 0 Å². The van der Waals surface area contributed by atoms with Crippen LogP contribution in [0.1, 0.15) is 11.1 Å². The van der Waals surface area contributed by atoms with E-state index in [1.165, 1.54) is 0 Å². The molecule has 0 aliphatic rings. The van der Waals surface area contributed by atoms with E-state index in [2.05, 4.69) is 6.07 Å². The molecule has 0 bridgehead atoms. The molecule has 2 N–H and O–H groups in total. The number of benzene rings is 2. The van der Waals surface area contributed by atoms with Gasteiger partial charge in [0.25, 0.3) is 0 Å². The molecular weight excluding hydrogens is 212 g/mol. The summed E-state index contributed by atoms with van der Waals surface area (Å²) >= 11 is 0. The number of rotatable bonds is 3. The summed E-state index contributed by atoms with van der Waals surface area (Å²) in [5.41, 5.74) is 7.59. The quantitative estimate of drug-likeness (QED) is 0.815. The van der Waals surface area contributed by atoms with E-state index in [0.29, 0.717) is 23.6 Å². The molecule has 2 aromatic carbocycles. The highest BCUT2D eigenvalue weighted by Crippen LogP contribution is 2.23. The van der Waals surface area contributed by atoms with Gasteiger partial charge in [-0.1, -0.05) is 36.4 Å². The van der Waals surface area contributed by atoms with Gasteiger partial charge in [0.1, 0.15) is 24.0 Å². The Bertz CT molecular complexity index is 544. The average Bonchev–Trinajstić information content (AvgIpc) is 2.37. The molecule has 0 fully saturated rings. The number of nitrogens with zero attached hydrogens (tertiary/aromatic N) is 1. The van der Waals surface area contributed by atoms with Gasteiger partial charge in [-0.3, -0.25) is 0 Å². The van der Waals surface area contributed by atoms with E-state index in [0.717, 1.165) is 5.56 Å². The summed E-state index contributed by atoms with van der Waals surface area (Å²) in [5.74, 6) is 0.524. The third-order valence-corrected chi connectivity index (χ3v) is 2.41. The molecule has 0 atom stereocenters. The first-order valence-electron chi connectivity index (χ1n) is 5.26. The van der Waals surface area contributed by atoms with Crippen LogP contribution in [-0.4, -0.2) is 0 Å². The Morgan fingerprint density at radius 3 is 2.53 bits per heavy atom. The third kappa shape index (κ3) is 2.56. The standard InChI is InChI=1S/C14H12N2O/c15-9-12-13(16)7-4-8-14(12)17-10-11-5-2-1-3-6-11/h1-8H,10,16H2. The van der Waals surface area contributed by atoms with E-state index in [9.17, 15) is 0 Å². The van der Waals surface area contributed by atoms with Crippen molar-refractivity contribution in [2.75, 3.05) is 5.73 Å². The molecular formula is C14H12N2O. The van der Waals surface area contributed by atoms with Gasteiger partial charge >= 0.3 is 0 Å². The largest absolute Gasteiger partial charge is 0.487 e. The molecule has 0 unspecified atom stereocenters. The SMILES string of the molecule is N#Cc1c(N)cccc1OCc1ccccc1. The van der Waals surface area contributed by atoms with Gasteiger partial charge in [-0.25, -0.2) is 0 Å². The van der Waals surface area contributed by atoms with Crippen LogP contribution in [0, 0.1) is 11.3 Å². The molecule has 2 rings (SSSR count). The zero-order chi connectivity index (χ0) is 12.1. The number of nitrogen functional groups attached to an aromatic ring is 1. The van der Waals surface area contributed by atoms with Gasteiger partial charge in [-0.15, -0.1) is 0 Å². The number of nitriles is 1. The van der Waals surface area contributed by atoms with Crippen molar-refractivity contribution in [3.8, 4) is 11.8 Å². The minimum atomic E-state index is 0.392. The molecule has 0 aliphatic carbocycles. The second kappa shape index (κ2) is 5.04. The monoisotopic (exact) mass is 224 g/mol. The Hall–Kier alpha value is -2.47. The number of hydrogen-bond acceptors (Lipinski definition) is 3. The van der Waals surface area contributed by atoms with E-state index in [4.69, 9.17) is 15.7 Å². The Morgan fingerprint density at radius 1 is 1.06 bits per heavy atom. The van der Waals surface area contributed by atoms with Gasteiger partial charge in [0, 0.05) is 0 Å². The van der Waals surface area contributed by atoms with Crippen LogP contribution >= 0.6 is 0 Å². The van der Waals surface area contributed by atoms with Crippen molar-refractivity contribution in [2.45, 2.75) is 6.61 Å². The number of ether oxygens (including phenoxy) is 1. The van der Waals surface area contributed by atoms with Gasteiger partial charge in [0.2, 0.25) is 0 Å². The molecule has 17 heavy (non-hydrogen) atoms. The fourth-order valence-electron chi connectivity index (χ4n) is 1.52. The molecule has 0 saturated carbocycles. The predicted octanol–water partition coefficient (Wildman–Crippen LogP) is 2.72. The van der Waals surface area contributed by atoms with Crippen LogP contribution in [0.25, 0.3) is 0 Å². The maximum absolute atomic E-state index is 8.99. The van der Waals surface area contributed by atoms with Crippen molar-refractivity contribution in [3.05, 3.63) is 59.7 Å². The molecule has 0 saturated heterocycles. The van der Waals surface area contributed by atoms with Crippen LogP contribution in [0.5, 0.6) is 5.75 Å². The molecule has 0 radical (unpaired) electrons. The fourth-order valence-corrected chi connectivity index (χ4v) is 1.52. The maximum atomic E-state index is 8.99. The second-order valence-corrected chi connectivity index (χ2v) is 3.61. The van der Waals surface area contributed by atoms with Gasteiger partial charge in [0.15, 0.2) is 0 Å². The van der Waals surface area contributed by atoms with Crippen LogP contribution in [0.15, 0.2) is 48.5 Å². The first-order chi connectivity index (χ1) is 8.31. The Balaban J connectivity index is 2.15. The highest BCUT2D eigenvalue weighted by Gasteiger charge is 2.06. The number of nitrogens with two attached hydrogens (primary N) is 1. The van der Waals surface area contributed by atoms with E-state index in [1.54, 1.807) is 18.2 Å². The summed E-state index contributed by atoms with van der Waals surface area (Å²) in [6.45, 7) is 0.430. The van der Waals surface area contributed by atoms with Gasteiger partial charge in [-0.05, 0) is 17.7 Å². The molecule has 3 heteroatoms. The van der Waals surface area contributed by atoms with Crippen molar-refractivity contribution in [3.63, 3.8) is 0 Å². The van der Waals surface area contributed by atoms with Gasteiger partial charge < -0.3 is 10.5 Å². The van der Waals surface area contributed by atoms with Crippen LogP contribution in [0.2, 0.25) is 0 Å². The summed E-state index contributed by atoms with van der Waals surface area (Å²) in [4.78, 5) is 0. The molecule has 0 amide bonds. The Labute approximate surface area is 100 Å². The molecule has 0 spiro atoms. The Morgan fingerprint density at radius 2 is 1.82 bits per heavy atom. The van der Waals surface area contributed by atoms with Crippen LogP contribution < -0.4 is 10.5 Å². The minimum Gasteiger partial charge on any atom is -0.487 e. The van der Waals surface area contributed by atoms with E-state index >= 15 is 0 Å². The van der Waals surface area contributed by atoms with Crippen LogP contribution in [-0.2, 0) is 6.61 Å². The zero-order valence-electron chi connectivity index (χ0n) is 9.26. The van der Waals surface area contributed by atoms with Crippen molar-refractivity contribution in [2.24, 2.45) is 0 Å². The average molecular weight is 224 g/mol. The van der Waals surface area contributed by atoms with Crippen molar-refractivity contribution >= 4 is 5.69 Å². The first kappa shape index (κ1) is 11.0. The minimum absolute atomic E-state index is 0.392. The summed E-state index contributed by atoms with van der Waals surface area (Å²) < 4.78 is 5.59. The van der Waals surface area contributed by atoms with Gasteiger partial charge in [-0.2, -0.15) is 5.26 Å². The highest BCUT2D eigenvalue weighted by molar-refractivity contribution is 5.60. The van der Waals surface area contributed by atoms with Gasteiger partial charge in [0.05, 0.1) is 5.69 Å². The van der Waals surface area contributed by atoms with E-state index < -0.39 is 0 Å². The number of hydrogen-bond donors (Lipinski definition) is 1. The molecule has 2 aromatic rings. The summed E-state index contributed by atoms with van der Waals surface area (Å²) in [7, 11) is 0. The number of anilines is 1. The second-order valence-electron chi connectivity index (χ2n) is 3.61. The van der Waals surface area contributed by atoms with Crippen molar-refractivity contribution in [1.29, 1.82) is 5.26 Å². The molecule has 84 valence electrons. The molecule has 0 aliphatic heterocycles. The summed E-state index contributed by atoms with van der Waals surface area (Å²) in [5, 5.41) is 8.99. The van der Waals surface area contributed by atoms with E-state index in [-0.39, 0.29) is 0 Å². The lowest BCUT2D eigenvalue weighted by molar-refractivity contribution is 0.305. The van der Waals surface area contributed by atoms with Crippen LogP contribution in [0.4, 0.5) is 5.69 Å².